The molecule has 1 heterocycles. The summed E-state index contributed by atoms with van der Waals surface area (Å²) in [6.45, 7) is 0. The predicted molar refractivity (Wildman–Crippen MR) is 79.1 cm³/mol. The van der Waals surface area contributed by atoms with Gasteiger partial charge in [0.2, 0.25) is 0 Å². The van der Waals surface area contributed by atoms with Crippen LogP contribution < -0.4 is 0 Å². The Labute approximate surface area is 126 Å². The minimum Gasteiger partial charge on any atom is -0.233 e. The molecule has 0 unspecified atom stereocenters. The normalized spacial score (nSPS) is 14.3. The standard InChI is InChI=1S/C14H11Cl3N2/c15-9-5-3-6-10(16)12(9)14-18-11-7-2-1-4-8(11)13(17)19-14/h3,5-6H,1-2,4,7H2. The van der Waals surface area contributed by atoms with E-state index in [0.717, 1.165) is 36.9 Å². The number of aromatic nitrogens is 2. The van der Waals surface area contributed by atoms with Gasteiger partial charge in [0.15, 0.2) is 5.82 Å². The zero-order valence-electron chi connectivity index (χ0n) is 10.1. The molecule has 0 saturated heterocycles. The maximum absolute atomic E-state index is 6.26. The lowest BCUT2D eigenvalue weighted by molar-refractivity contribution is 0.663. The number of halogens is 3. The van der Waals surface area contributed by atoms with Gasteiger partial charge < -0.3 is 0 Å². The first-order valence-electron chi connectivity index (χ1n) is 6.16. The van der Waals surface area contributed by atoms with Gasteiger partial charge in [-0.1, -0.05) is 40.9 Å². The summed E-state index contributed by atoms with van der Waals surface area (Å²) in [4.78, 5) is 8.97. The van der Waals surface area contributed by atoms with Crippen LogP contribution >= 0.6 is 34.8 Å². The number of benzene rings is 1. The Morgan fingerprint density at radius 1 is 0.895 bits per heavy atom. The van der Waals surface area contributed by atoms with Crippen LogP contribution in [0.25, 0.3) is 11.4 Å². The first kappa shape index (κ1) is 13.2. The maximum Gasteiger partial charge on any atom is 0.164 e. The van der Waals surface area contributed by atoms with Gasteiger partial charge in [0.25, 0.3) is 0 Å². The highest BCUT2D eigenvalue weighted by Crippen LogP contribution is 2.35. The van der Waals surface area contributed by atoms with Crippen LogP contribution in [0.5, 0.6) is 0 Å². The largest absolute Gasteiger partial charge is 0.233 e. The van der Waals surface area contributed by atoms with Crippen LogP contribution in [0.4, 0.5) is 0 Å². The van der Waals surface area contributed by atoms with Gasteiger partial charge in [0, 0.05) is 11.3 Å². The Morgan fingerprint density at radius 3 is 2.32 bits per heavy atom. The van der Waals surface area contributed by atoms with Crippen LogP contribution in [0.3, 0.4) is 0 Å². The molecule has 0 spiro atoms. The number of aryl methyl sites for hydroxylation is 1. The first-order valence-corrected chi connectivity index (χ1v) is 7.30. The van der Waals surface area contributed by atoms with E-state index in [0.29, 0.717) is 26.6 Å². The second-order valence-corrected chi connectivity index (χ2v) is 5.74. The third kappa shape index (κ3) is 2.45. The molecule has 5 heteroatoms. The molecular formula is C14H11Cl3N2. The lowest BCUT2D eigenvalue weighted by Crippen LogP contribution is -2.09. The molecular weight excluding hydrogens is 303 g/mol. The molecule has 3 rings (SSSR count). The van der Waals surface area contributed by atoms with Crippen molar-refractivity contribution < 1.29 is 0 Å². The van der Waals surface area contributed by atoms with E-state index in [-0.39, 0.29) is 0 Å². The van der Waals surface area contributed by atoms with Crippen molar-refractivity contribution in [3.05, 3.63) is 44.7 Å². The van der Waals surface area contributed by atoms with Crippen molar-refractivity contribution in [1.29, 1.82) is 0 Å². The second-order valence-electron chi connectivity index (χ2n) is 4.57. The summed E-state index contributed by atoms with van der Waals surface area (Å²) >= 11 is 18.6. The molecule has 0 aliphatic heterocycles. The summed E-state index contributed by atoms with van der Waals surface area (Å²) in [6.07, 6.45) is 4.16. The van der Waals surface area contributed by atoms with E-state index in [4.69, 9.17) is 34.8 Å². The molecule has 98 valence electrons. The maximum atomic E-state index is 6.26. The Hall–Kier alpha value is -0.830. The van der Waals surface area contributed by atoms with E-state index in [1.165, 1.54) is 0 Å². The van der Waals surface area contributed by atoms with Crippen molar-refractivity contribution in [1.82, 2.24) is 9.97 Å². The molecule has 0 fully saturated rings. The van der Waals surface area contributed by atoms with Crippen LogP contribution in [-0.2, 0) is 12.8 Å². The van der Waals surface area contributed by atoms with Crippen LogP contribution in [0.15, 0.2) is 18.2 Å². The molecule has 2 nitrogen and oxygen atoms in total. The van der Waals surface area contributed by atoms with E-state index in [9.17, 15) is 0 Å². The van der Waals surface area contributed by atoms with Crippen molar-refractivity contribution >= 4 is 34.8 Å². The second kappa shape index (κ2) is 5.28. The molecule has 1 aromatic heterocycles. The highest BCUT2D eigenvalue weighted by molar-refractivity contribution is 6.39. The average Bonchev–Trinajstić information content (AvgIpc) is 2.38. The Bertz CT molecular complexity index is 621. The summed E-state index contributed by atoms with van der Waals surface area (Å²) < 4.78 is 0. The lowest BCUT2D eigenvalue weighted by atomic mass is 9.97. The van der Waals surface area contributed by atoms with E-state index in [2.05, 4.69) is 9.97 Å². The molecule has 0 amide bonds. The summed E-state index contributed by atoms with van der Waals surface area (Å²) in [6, 6.07) is 5.35. The summed E-state index contributed by atoms with van der Waals surface area (Å²) in [7, 11) is 0. The van der Waals surface area contributed by atoms with Crippen LogP contribution in [-0.4, -0.2) is 9.97 Å². The number of fused-ring (bicyclic) bond motifs is 1. The number of hydrogen-bond acceptors (Lipinski definition) is 2. The molecule has 0 atom stereocenters. The van der Waals surface area contributed by atoms with Gasteiger partial charge in [-0.3, -0.25) is 0 Å². The quantitative estimate of drug-likeness (QED) is 0.694. The van der Waals surface area contributed by atoms with Crippen molar-refractivity contribution in [2.75, 3.05) is 0 Å². The fourth-order valence-electron chi connectivity index (χ4n) is 2.37. The SMILES string of the molecule is Clc1cccc(Cl)c1-c1nc(Cl)c2c(n1)CCCC2. The van der Waals surface area contributed by atoms with E-state index < -0.39 is 0 Å². The summed E-state index contributed by atoms with van der Waals surface area (Å²) in [5.41, 5.74) is 2.75. The van der Waals surface area contributed by atoms with Crippen molar-refractivity contribution in [2.24, 2.45) is 0 Å². The highest BCUT2D eigenvalue weighted by Gasteiger charge is 2.19. The third-order valence-corrected chi connectivity index (χ3v) is 4.26. The van der Waals surface area contributed by atoms with Crippen LogP contribution in [0.1, 0.15) is 24.1 Å². The first-order chi connectivity index (χ1) is 9.16. The molecule has 1 aliphatic rings. The topological polar surface area (TPSA) is 25.8 Å². The van der Waals surface area contributed by atoms with Gasteiger partial charge in [0.1, 0.15) is 5.15 Å². The molecule has 0 N–H and O–H groups in total. The average molecular weight is 314 g/mol. The summed E-state index contributed by atoms with van der Waals surface area (Å²) in [5, 5.41) is 1.61. The van der Waals surface area contributed by atoms with E-state index in [1.807, 2.05) is 0 Å². The lowest BCUT2D eigenvalue weighted by Gasteiger charge is -2.17. The van der Waals surface area contributed by atoms with Gasteiger partial charge in [-0.05, 0) is 37.8 Å². The molecule has 0 saturated carbocycles. The zero-order chi connectivity index (χ0) is 13.4. The van der Waals surface area contributed by atoms with Gasteiger partial charge in [-0.25, -0.2) is 9.97 Å². The molecule has 0 radical (unpaired) electrons. The fraction of sp³-hybridized carbons (Fsp3) is 0.286. The Balaban J connectivity index is 2.19. The van der Waals surface area contributed by atoms with Crippen LogP contribution in [0, 0.1) is 0 Å². The molecule has 19 heavy (non-hydrogen) atoms. The van der Waals surface area contributed by atoms with Crippen molar-refractivity contribution in [2.45, 2.75) is 25.7 Å². The van der Waals surface area contributed by atoms with Crippen molar-refractivity contribution in [3.8, 4) is 11.4 Å². The van der Waals surface area contributed by atoms with Gasteiger partial charge >= 0.3 is 0 Å². The van der Waals surface area contributed by atoms with E-state index >= 15 is 0 Å². The molecule has 0 bridgehead atoms. The van der Waals surface area contributed by atoms with E-state index in [1.54, 1.807) is 18.2 Å². The molecule has 1 aliphatic carbocycles. The number of rotatable bonds is 1. The van der Waals surface area contributed by atoms with Gasteiger partial charge in [0.05, 0.1) is 15.6 Å². The molecule has 2 aromatic rings. The number of hydrogen-bond donors (Lipinski definition) is 0. The molecule has 1 aromatic carbocycles. The zero-order valence-corrected chi connectivity index (χ0v) is 12.4. The van der Waals surface area contributed by atoms with Crippen molar-refractivity contribution in [3.63, 3.8) is 0 Å². The summed E-state index contributed by atoms with van der Waals surface area (Å²) in [5.74, 6) is 0.515. The Morgan fingerprint density at radius 2 is 1.58 bits per heavy atom. The minimum absolute atomic E-state index is 0.515. The highest BCUT2D eigenvalue weighted by atomic mass is 35.5. The number of nitrogens with zero attached hydrogens (tertiary/aromatic N) is 2. The monoisotopic (exact) mass is 312 g/mol. The van der Waals surface area contributed by atoms with Gasteiger partial charge in [-0.2, -0.15) is 0 Å². The fourth-order valence-corrected chi connectivity index (χ4v) is 3.22. The Kier molecular flexibility index (Phi) is 3.66. The smallest absolute Gasteiger partial charge is 0.164 e. The third-order valence-electron chi connectivity index (χ3n) is 3.32. The minimum atomic E-state index is 0.515. The van der Waals surface area contributed by atoms with Crippen LogP contribution in [0.2, 0.25) is 15.2 Å². The predicted octanol–water partition coefficient (Wildman–Crippen LogP) is 4.98. The van der Waals surface area contributed by atoms with Gasteiger partial charge in [-0.15, -0.1) is 0 Å².